The topological polar surface area (TPSA) is 34.1 Å². The Morgan fingerprint density at radius 1 is 1.06 bits per heavy atom. The Balaban J connectivity index is 2.65. The molecule has 0 N–H and O–H groups in total. The molecule has 2 aromatic carbocycles. The van der Waals surface area contributed by atoms with E-state index in [1.165, 1.54) is 6.92 Å². The Hall–Kier alpha value is -2.22. The van der Waals surface area contributed by atoms with Crippen LogP contribution in [0.4, 0.5) is 0 Å². The maximum absolute atomic E-state index is 11.6. The predicted octanol–water partition coefficient (Wildman–Crippen LogP) is 3.37. The summed E-state index contributed by atoms with van der Waals surface area (Å²) in [5, 5.41) is 0. The van der Waals surface area contributed by atoms with E-state index in [2.05, 4.69) is 0 Å². The molecule has 0 spiro atoms. The number of rotatable bonds is 3. The van der Waals surface area contributed by atoms with Crippen molar-refractivity contribution in [1.29, 1.82) is 0 Å². The Morgan fingerprint density at radius 3 is 2.35 bits per heavy atom. The second-order valence-corrected chi connectivity index (χ2v) is 3.85. The van der Waals surface area contributed by atoms with Crippen LogP contribution >= 0.6 is 0 Å². The first-order chi connectivity index (χ1) is 8.22. The molecule has 0 aliphatic rings. The van der Waals surface area contributed by atoms with Crippen molar-refractivity contribution in [3.63, 3.8) is 0 Å². The van der Waals surface area contributed by atoms with E-state index >= 15 is 0 Å². The van der Waals surface area contributed by atoms with Crippen molar-refractivity contribution >= 4 is 12.1 Å². The molecule has 2 rings (SSSR count). The van der Waals surface area contributed by atoms with Gasteiger partial charge in [0.2, 0.25) is 0 Å². The number of Topliss-reactive ketones (excluding diaryl/α,β-unsaturated/α-hetero) is 1. The van der Waals surface area contributed by atoms with E-state index in [0.29, 0.717) is 11.1 Å². The van der Waals surface area contributed by atoms with Crippen LogP contribution in [0.2, 0.25) is 0 Å². The summed E-state index contributed by atoms with van der Waals surface area (Å²) in [6, 6.07) is 14.7. The van der Waals surface area contributed by atoms with Crippen molar-refractivity contribution < 1.29 is 9.59 Å². The fourth-order valence-electron chi connectivity index (χ4n) is 1.80. The average molecular weight is 224 g/mol. The number of aldehydes is 1. The zero-order chi connectivity index (χ0) is 12.3. The van der Waals surface area contributed by atoms with E-state index in [1.54, 1.807) is 18.2 Å². The second-order valence-electron chi connectivity index (χ2n) is 3.85. The monoisotopic (exact) mass is 224 g/mol. The molecule has 0 aliphatic carbocycles. The van der Waals surface area contributed by atoms with Gasteiger partial charge in [-0.3, -0.25) is 9.59 Å². The SMILES string of the molecule is CC(=O)c1ccc(C=O)cc1-c1ccccc1. The van der Waals surface area contributed by atoms with Crippen LogP contribution < -0.4 is 0 Å². The number of hydrogen-bond acceptors (Lipinski definition) is 2. The summed E-state index contributed by atoms with van der Waals surface area (Å²) >= 11 is 0. The third-order valence-electron chi connectivity index (χ3n) is 2.64. The molecular weight excluding hydrogens is 212 g/mol. The predicted molar refractivity (Wildman–Crippen MR) is 67.3 cm³/mol. The second kappa shape index (κ2) is 4.74. The minimum atomic E-state index is 0.00121. The van der Waals surface area contributed by atoms with Gasteiger partial charge in [-0.15, -0.1) is 0 Å². The van der Waals surface area contributed by atoms with Crippen molar-refractivity contribution in [2.45, 2.75) is 6.92 Å². The molecular formula is C15H12O2. The van der Waals surface area contributed by atoms with Gasteiger partial charge in [0.15, 0.2) is 5.78 Å². The van der Waals surface area contributed by atoms with Gasteiger partial charge in [-0.05, 0) is 24.1 Å². The van der Waals surface area contributed by atoms with Gasteiger partial charge in [0, 0.05) is 11.1 Å². The fraction of sp³-hybridized carbons (Fsp3) is 0.0667. The van der Waals surface area contributed by atoms with E-state index in [9.17, 15) is 9.59 Å². The van der Waals surface area contributed by atoms with Gasteiger partial charge in [0.05, 0.1) is 0 Å². The van der Waals surface area contributed by atoms with Gasteiger partial charge in [0.1, 0.15) is 6.29 Å². The summed E-state index contributed by atoms with van der Waals surface area (Å²) in [7, 11) is 0. The van der Waals surface area contributed by atoms with Gasteiger partial charge in [-0.25, -0.2) is 0 Å². The number of ketones is 1. The van der Waals surface area contributed by atoms with Crippen LogP contribution in [0.15, 0.2) is 48.5 Å². The molecule has 2 heteroatoms. The molecule has 0 aromatic heterocycles. The first kappa shape index (κ1) is 11.3. The maximum atomic E-state index is 11.6. The Morgan fingerprint density at radius 2 is 1.76 bits per heavy atom. The Labute approximate surface area is 99.9 Å². The summed E-state index contributed by atoms with van der Waals surface area (Å²) < 4.78 is 0. The molecule has 0 aliphatic heterocycles. The highest BCUT2D eigenvalue weighted by atomic mass is 16.1. The summed E-state index contributed by atoms with van der Waals surface area (Å²) in [5.41, 5.74) is 2.97. The Kier molecular flexibility index (Phi) is 3.15. The Bertz CT molecular complexity index is 556. The highest BCUT2D eigenvalue weighted by Gasteiger charge is 2.09. The molecule has 2 aromatic rings. The molecule has 0 radical (unpaired) electrons. The van der Waals surface area contributed by atoms with Crippen molar-refractivity contribution in [1.82, 2.24) is 0 Å². The third-order valence-corrected chi connectivity index (χ3v) is 2.64. The molecule has 0 bridgehead atoms. The molecule has 0 unspecified atom stereocenters. The van der Waals surface area contributed by atoms with Crippen molar-refractivity contribution in [2.24, 2.45) is 0 Å². The summed E-state index contributed by atoms with van der Waals surface area (Å²) in [6.45, 7) is 1.53. The molecule has 84 valence electrons. The van der Waals surface area contributed by atoms with Crippen molar-refractivity contribution in [3.8, 4) is 11.1 Å². The van der Waals surface area contributed by atoms with Gasteiger partial charge >= 0.3 is 0 Å². The highest BCUT2D eigenvalue weighted by Crippen LogP contribution is 2.24. The molecule has 2 nitrogen and oxygen atoms in total. The molecule has 0 atom stereocenters. The van der Waals surface area contributed by atoms with Gasteiger partial charge in [-0.2, -0.15) is 0 Å². The zero-order valence-corrected chi connectivity index (χ0v) is 9.51. The van der Waals surface area contributed by atoms with Crippen LogP contribution in [0, 0.1) is 0 Å². The largest absolute Gasteiger partial charge is 0.298 e. The van der Waals surface area contributed by atoms with Crippen LogP contribution in [0.5, 0.6) is 0 Å². The van der Waals surface area contributed by atoms with Crippen LogP contribution in [-0.4, -0.2) is 12.1 Å². The smallest absolute Gasteiger partial charge is 0.160 e. The number of benzene rings is 2. The lowest BCUT2D eigenvalue weighted by atomic mass is 9.95. The molecule has 0 saturated carbocycles. The zero-order valence-electron chi connectivity index (χ0n) is 9.51. The number of hydrogen-bond donors (Lipinski definition) is 0. The van der Waals surface area contributed by atoms with Gasteiger partial charge in [-0.1, -0.05) is 42.5 Å². The van der Waals surface area contributed by atoms with Crippen LogP contribution in [0.3, 0.4) is 0 Å². The molecule has 0 fully saturated rings. The summed E-state index contributed by atoms with van der Waals surface area (Å²) in [6.07, 6.45) is 0.788. The van der Waals surface area contributed by atoms with Crippen molar-refractivity contribution in [2.75, 3.05) is 0 Å². The minimum absolute atomic E-state index is 0.00121. The lowest BCUT2D eigenvalue weighted by Crippen LogP contribution is -1.97. The van der Waals surface area contributed by atoms with Crippen LogP contribution in [0.1, 0.15) is 27.6 Å². The van der Waals surface area contributed by atoms with E-state index in [1.807, 2.05) is 30.3 Å². The number of carbonyl (C=O) groups excluding carboxylic acids is 2. The lowest BCUT2D eigenvalue weighted by molar-refractivity contribution is 0.101. The van der Waals surface area contributed by atoms with Gasteiger partial charge in [0.25, 0.3) is 0 Å². The minimum Gasteiger partial charge on any atom is -0.298 e. The normalized spacial score (nSPS) is 9.94. The quantitative estimate of drug-likeness (QED) is 0.591. The van der Waals surface area contributed by atoms with Crippen LogP contribution in [0.25, 0.3) is 11.1 Å². The average Bonchev–Trinajstić information content (AvgIpc) is 2.39. The molecule has 17 heavy (non-hydrogen) atoms. The first-order valence-electron chi connectivity index (χ1n) is 5.38. The standard InChI is InChI=1S/C15H12O2/c1-11(17)14-8-7-12(10-16)9-15(14)13-5-3-2-4-6-13/h2-10H,1H3. The summed E-state index contributed by atoms with van der Waals surface area (Å²) in [4.78, 5) is 22.3. The van der Waals surface area contributed by atoms with Crippen LogP contribution in [-0.2, 0) is 0 Å². The number of carbonyl (C=O) groups is 2. The summed E-state index contributed by atoms with van der Waals surface area (Å²) in [5.74, 6) is 0.00121. The fourth-order valence-corrected chi connectivity index (χ4v) is 1.80. The third kappa shape index (κ3) is 2.31. The van der Waals surface area contributed by atoms with E-state index in [4.69, 9.17) is 0 Å². The van der Waals surface area contributed by atoms with E-state index < -0.39 is 0 Å². The molecule has 0 saturated heterocycles. The molecule has 0 heterocycles. The lowest BCUT2D eigenvalue weighted by Gasteiger charge is -2.07. The molecule has 0 amide bonds. The maximum Gasteiger partial charge on any atom is 0.160 e. The van der Waals surface area contributed by atoms with E-state index in [0.717, 1.165) is 17.4 Å². The first-order valence-corrected chi connectivity index (χ1v) is 5.38. The highest BCUT2D eigenvalue weighted by molar-refractivity contribution is 6.01. The van der Waals surface area contributed by atoms with E-state index in [-0.39, 0.29) is 5.78 Å². The van der Waals surface area contributed by atoms with Crippen molar-refractivity contribution in [3.05, 3.63) is 59.7 Å². The van der Waals surface area contributed by atoms with Gasteiger partial charge < -0.3 is 0 Å².